The highest BCUT2D eigenvalue weighted by molar-refractivity contribution is 7.93. The fourth-order valence-electron chi connectivity index (χ4n) is 6.12. The van der Waals surface area contributed by atoms with E-state index < -0.39 is 52.4 Å². The Morgan fingerprint density at radius 2 is 1.70 bits per heavy atom. The van der Waals surface area contributed by atoms with E-state index in [1.54, 1.807) is 23.1 Å². The molecule has 6 rings (SSSR count). The first kappa shape index (κ1) is 30.4. The molecule has 1 spiro atoms. The number of halogens is 3. The van der Waals surface area contributed by atoms with Gasteiger partial charge >= 0.3 is 0 Å². The summed E-state index contributed by atoms with van der Waals surface area (Å²) in [5, 5.41) is 11.6. The molecule has 0 bridgehead atoms. The van der Waals surface area contributed by atoms with Gasteiger partial charge in [0, 0.05) is 50.6 Å². The summed E-state index contributed by atoms with van der Waals surface area (Å²) < 4.78 is 71.8. The number of anilines is 4. The van der Waals surface area contributed by atoms with Crippen molar-refractivity contribution in [2.24, 2.45) is 5.41 Å². The molecule has 2 aliphatic heterocycles. The van der Waals surface area contributed by atoms with Crippen molar-refractivity contribution in [3.8, 4) is 0 Å². The van der Waals surface area contributed by atoms with E-state index in [4.69, 9.17) is 0 Å². The van der Waals surface area contributed by atoms with E-state index in [0.717, 1.165) is 12.8 Å². The van der Waals surface area contributed by atoms with Gasteiger partial charge < -0.3 is 20.2 Å². The standard InChI is InChI=1S/C31H36F3N5O4S/c1-20(19-40)44(42,43)37-22-4-5-23(25(18-22)38-13-8-30(6-7-30)9-14-38)29(41)36-24-17-21-3-2-12-35-27(21)28(26(24)32)39-15-10-31(33,34)11-16-39/h2-5,12,17-18,20,37,40H,6-11,13-16,19H2,1H3,(H,36,41). The zero-order chi connectivity index (χ0) is 31.3. The van der Waals surface area contributed by atoms with Crippen molar-refractivity contribution < 1.29 is 31.5 Å². The van der Waals surface area contributed by atoms with E-state index in [1.165, 1.54) is 44.2 Å². The van der Waals surface area contributed by atoms with Crippen LogP contribution in [0.3, 0.4) is 0 Å². The van der Waals surface area contributed by atoms with Crippen LogP contribution in [-0.2, 0) is 10.0 Å². The lowest BCUT2D eigenvalue weighted by atomic mass is 9.93. The number of hydrogen-bond acceptors (Lipinski definition) is 7. The summed E-state index contributed by atoms with van der Waals surface area (Å²) in [7, 11) is -3.88. The van der Waals surface area contributed by atoms with Gasteiger partial charge in [-0.15, -0.1) is 0 Å². The van der Waals surface area contributed by atoms with Gasteiger partial charge in [0.1, 0.15) is 10.9 Å². The Hall–Kier alpha value is -3.58. The second-order valence-corrected chi connectivity index (χ2v) is 14.4. The molecular formula is C31H36F3N5O4S. The smallest absolute Gasteiger partial charge is 0.257 e. The topological polar surface area (TPSA) is 115 Å². The zero-order valence-corrected chi connectivity index (χ0v) is 25.3. The van der Waals surface area contributed by atoms with Crippen LogP contribution in [-0.4, -0.2) is 68.4 Å². The number of hydrogen-bond donors (Lipinski definition) is 3. The predicted octanol–water partition coefficient (Wildman–Crippen LogP) is 5.36. The van der Waals surface area contributed by atoms with Crippen LogP contribution in [0.5, 0.6) is 0 Å². The molecule has 1 unspecified atom stereocenters. The molecule has 0 radical (unpaired) electrons. The quantitative estimate of drug-likeness (QED) is 0.307. The van der Waals surface area contributed by atoms with Crippen LogP contribution in [0.4, 0.5) is 35.9 Å². The van der Waals surface area contributed by atoms with Gasteiger partial charge in [0.15, 0.2) is 5.82 Å². The SMILES string of the molecule is CC(CO)S(=O)(=O)Nc1ccc(C(=O)Nc2cc3cccnc3c(N3CCC(F)(F)CC3)c2F)c(N2CCC3(CC2)CC3)c1. The molecule has 3 aliphatic rings. The summed E-state index contributed by atoms with van der Waals surface area (Å²) in [4.78, 5) is 21.7. The Bertz CT molecular complexity index is 1680. The third-order valence-corrected chi connectivity index (χ3v) is 11.0. The fraction of sp³-hybridized carbons (Fsp3) is 0.484. The van der Waals surface area contributed by atoms with Gasteiger partial charge in [-0.05, 0) is 68.4 Å². The van der Waals surface area contributed by atoms with Gasteiger partial charge in [-0.2, -0.15) is 0 Å². The Morgan fingerprint density at radius 3 is 2.36 bits per heavy atom. The van der Waals surface area contributed by atoms with Crippen molar-refractivity contribution in [3.05, 3.63) is 54.0 Å². The lowest BCUT2D eigenvalue weighted by molar-refractivity contribution is -0.0221. The average Bonchev–Trinajstić information content (AvgIpc) is 3.76. The monoisotopic (exact) mass is 631 g/mol. The largest absolute Gasteiger partial charge is 0.395 e. The minimum atomic E-state index is -3.88. The van der Waals surface area contributed by atoms with Crippen molar-refractivity contribution in [3.63, 3.8) is 0 Å². The van der Waals surface area contributed by atoms with E-state index in [-0.39, 0.29) is 35.7 Å². The third-order valence-electron chi connectivity index (χ3n) is 9.28. The average molecular weight is 632 g/mol. The van der Waals surface area contributed by atoms with Gasteiger partial charge in [0.25, 0.3) is 11.8 Å². The Kier molecular flexibility index (Phi) is 7.89. The number of carbonyl (C=O) groups excluding carboxylic acids is 1. The molecule has 13 heteroatoms. The molecule has 236 valence electrons. The maximum Gasteiger partial charge on any atom is 0.257 e. The zero-order valence-electron chi connectivity index (χ0n) is 24.5. The number of aromatic nitrogens is 1. The van der Waals surface area contributed by atoms with Crippen molar-refractivity contribution in [2.45, 2.75) is 56.6 Å². The number of carbonyl (C=O) groups is 1. The molecule has 1 amide bonds. The van der Waals surface area contributed by atoms with Crippen LogP contribution in [0.1, 0.15) is 55.8 Å². The predicted molar refractivity (Wildman–Crippen MR) is 165 cm³/mol. The minimum absolute atomic E-state index is 0.0557. The highest BCUT2D eigenvalue weighted by Gasteiger charge is 2.45. The number of piperidine rings is 2. The Morgan fingerprint density at radius 1 is 1.02 bits per heavy atom. The molecule has 2 saturated heterocycles. The normalized spacial score (nSPS) is 20.0. The molecule has 1 aromatic heterocycles. The minimum Gasteiger partial charge on any atom is -0.395 e. The molecule has 44 heavy (non-hydrogen) atoms. The van der Waals surface area contributed by atoms with Crippen LogP contribution in [0, 0.1) is 11.2 Å². The van der Waals surface area contributed by atoms with Gasteiger partial charge in [-0.1, -0.05) is 6.07 Å². The summed E-state index contributed by atoms with van der Waals surface area (Å²) in [6.07, 6.45) is 4.96. The number of nitrogens with one attached hydrogen (secondary N) is 2. The molecule has 3 fully saturated rings. The molecule has 1 atom stereocenters. The molecule has 3 aromatic rings. The van der Waals surface area contributed by atoms with E-state index in [2.05, 4.69) is 15.0 Å². The van der Waals surface area contributed by atoms with Gasteiger partial charge in [0.2, 0.25) is 10.0 Å². The van der Waals surface area contributed by atoms with E-state index >= 15 is 4.39 Å². The van der Waals surface area contributed by atoms with Crippen LogP contribution in [0.2, 0.25) is 0 Å². The fourth-order valence-corrected chi connectivity index (χ4v) is 6.97. The summed E-state index contributed by atoms with van der Waals surface area (Å²) in [5.41, 5.74) is 1.64. The summed E-state index contributed by atoms with van der Waals surface area (Å²) in [6, 6.07) is 9.45. The first-order chi connectivity index (χ1) is 20.9. The first-order valence-corrected chi connectivity index (χ1v) is 16.5. The molecule has 1 aliphatic carbocycles. The molecule has 2 aromatic carbocycles. The number of aliphatic hydroxyl groups is 1. The maximum absolute atomic E-state index is 16.2. The van der Waals surface area contributed by atoms with Crippen LogP contribution >= 0.6 is 0 Å². The highest BCUT2D eigenvalue weighted by Crippen LogP contribution is 2.54. The number of aliphatic hydroxyl groups excluding tert-OH is 1. The number of rotatable bonds is 8. The number of fused-ring (bicyclic) bond motifs is 1. The van der Waals surface area contributed by atoms with E-state index in [0.29, 0.717) is 35.1 Å². The second kappa shape index (κ2) is 11.4. The lowest BCUT2D eigenvalue weighted by Gasteiger charge is -2.35. The maximum atomic E-state index is 16.2. The number of amides is 1. The highest BCUT2D eigenvalue weighted by atomic mass is 32.2. The summed E-state index contributed by atoms with van der Waals surface area (Å²) in [6.45, 7) is 2.10. The van der Waals surface area contributed by atoms with Crippen molar-refractivity contribution in [2.75, 3.05) is 52.6 Å². The number of benzene rings is 2. The molecule has 9 nitrogen and oxygen atoms in total. The Balaban J connectivity index is 1.34. The first-order valence-electron chi connectivity index (χ1n) is 14.9. The van der Waals surface area contributed by atoms with Crippen molar-refractivity contribution in [1.82, 2.24) is 4.98 Å². The second-order valence-electron chi connectivity index (χ2n) is 12.3. The van der Waals surface area contributed by atoms with Crippen molar-refractivity contribution in [1.29, 1.82) is 0 Å². The number of alkyl halides is 2. The number of nitrogens with zero attached hydrogens (tertiary/aromatic N) is 3. The van der Waals surface area contributed by atoms with Crippen LogP contribution in [0.25, 0.3) is 10.9 Å². The Labute approximate surface area is 254 Å². The molecule has 3 N–H and O–H groups in total. The lowest BCUT2D eigenvalue weighted by Crippen LogP contribution is -2.40. The van der Waals surface area contributed by atoms with Crippen LogP contribution < -0.4 is 19.8 Å². The molecule has 1 saturated carbocycles. The summed E-state index contributed by atoms with van der Waals surface area (Å²) in [5.74, 6) is -4.17. The number of pyridine rings is 1. The number of sulfonamides is 1. The molecule has 3 heterocycles. The van der Waals surface area contributed by atoms with Crippen molar-refractivity contribution >= 4 is 49.6 Å². The molecular weight excluding hydrogens is 595 g/mol. The third kappa shape index (κ3) is 6.03. The van der Waals surface area contributed by atoms with Gasteiger partial charge in [-0.25, -0.2) is 21.6 Å². The van der Waals surface area contributed by atoms with Crippen LogP contribution in [0.15, 0.2) is 42.6 Å². The summed E-state index contributed by atoms with van der Waals surface area (Å²) >= 11 is 0. The van der Waals surface area contributed by atoms with E-state index in [9.17, 15) is 27.1 Å². The van der Waals surface area contributed by atoms with Gasteiger partial charge in [-0.3, -0.25) is 14.5 Å². The van der Waals surface area contributed by atoms with Gasteiger partial charge in [0.05, 0.1) is 34.7 Å². The van der Waals surface area contributed by atoms with E-state index in [1.807, 2.05) is 4.90 Å².